The van der Waals surface area contributed by atoms with Crippen molar-refractivity contribution in [3.63, 3.8) is 0 Å². The summed E-state index contributed by atoms with van der Waals surface area (Å²) in [6.07, 6.45) is 1.53. The highest BCUT2D eigenvalue weighted by molar-refractivity contribution is 6.40. The first-order valence-corrected chi connectivity index (χ1v) is 9.12. The second-order valence-electron chi connectivity index (χ2n) is 6.37. The van der Waals surface area contributed by atoms with Crippen LogP contribution < -0.4 is 10.6 Å². The van der Waals surface area contributed by atoms with E-state index in [9.17, 15) is 9.59 Å². The molecule has 2 amide bonds. The van der Waals surface area contributed by atoms with Gasteiger partial charge in [-0.15, -0.1) is 0 Å². The highest BCUT2D eigenvalue weighted by atomic mass is 35.5. The predicted octanol–water partition coefficient (Wildman–Crippen LogP) is 2.96. The lowest BCUT2D eigenvalue weighted by Gasteiger charge is -2.18. The zero-order valence-corrected chi connectivity index (χ0v) is 16.5. The molecule has 0 aliphatic heterocycles. The van der Waals surface area contributed by atoms with Crippen molar-refractivity contribution in [1.29, 1.82) is 5.26 Å². The zero-order valence-electron chi connectivity index (χ0n) is 15.8. The SMILES string of the molecule is Cc1cc(C)n([C@@H](CNC(=O)C(=O)Nc2cc(Cl)ccc2C#N)c2ccco2)n1. The Morgan fingerprint density at radius 3 is 2.69 bits per heavy atom. The van der Waals surface area contributed by atoms with Crippen molar-refractivity contribution in [3.8, 4) is 6.07 Å². The molecule has 8 nitrogen and oxygen atoms in total. The number of nitriles is 1. The first-order valence-electron chi connectivity index (χ1n) is 8.74. The molecule has 0 aliphatic carbocycles. The van der Waals surface area contributed by atoms with Crippen molar-refractivity contribution in [2.45, 2.75) is 19.9 Å². The standard InChI is InChI=1S/C20H18ClN5O3/c1-12-8-13(2)26(25-12)17(18-4-3-7-29-18)11-23-19(27)20(28)24-16-9-15(21)6-5-14(16)10-22/h3-9,17H,11H2,1-2H3,(H,23,27)(H,24,28)/t17-/m0/s1. The summed E-state index contributed by atoms with van der Waals surface area (Å²) < 4.78 is 7.22. The van der Waals surface area contributed by atoms with Crippen molar-refractivity contribution in [2.75, 3.05) is 11.9 Å². The zero-order chi connectivity index (χ0) is 21.0. The van der Waals surface area contributed by atoms with Gasteiger partial charge >= 0.3 is 11.8 Å². The molecule has 2 aromatic heterocycles. The minimum Gasteiger partial charge on any atom is -0.467 e. The smallest absolute Gasteiger partial charge is 0.313 e. The maximum Gasteiger partial charge on any atom is 0.313 e. The molecule has 148 valence electrons. The van der Waals surface area contributed by atoms with Crippen LogP contribution in [0.4, 0.5) is 5.69 Å². The fourth-order valence-electron chi connectivity index (χ4n) is 2.92. The molecule has 0 bridgehead atoms. The van der Waals surface area contributed by atoms with Gasteiger partial charge in [0.05, 0.1) is 23.2 Å². The van der Waals surface area contributed by atoms with Crippen LogP contribution in [0, 0.1) is 25.2 Å². The molecule has 0 spiro atoms. The monoisotopic (exact) mass is 411 g/mol. The third kappa shape index (κ3) is 4.65. The van der Waals surface area contributed by atoms with Crippen LogP contribution in [0.1, 0.15) is 28.8 Å². The molecule has 0 unspecified atom stereocenters. The van der Waals surface area contributed by atoms with Gasteiger partial charge in [0.2, 0.25) is 0 Å². The number of furan rings is 1. The third-order valence-corrected chi connectivity index (χ3v) is 4.46. The van der Waals surface area contributed by atoms with Crippen LogP contribution in [-0.4, -0.2) is 28.1 Å². The maximum absolute atomic E-state index is 12.3. The van der Waals surface area contributed by atoms with Crippen molar-refractivity contribution < 1.29 is 14.0 Å². The highest BCUT2D eigenvalue weighted by Crippen LogP contribution is 2.21. The van der Waals surface area contributed by atoms with E-state index in [2.05, 4.69) is 15.7 Å². The minimum absolute atomic E-state index is 0.0857. The van der Waals surface area contributed by atoms with Crippen LogP contribution in [0.15, 0.2) is 47.1 Å². The van der Waals surface area contributed by atoms with Gasteiger partial charge in [-0.2, -0.15) is 10.4 Å². The number of amides is 2. The number of anilines is 1. The van der Waals surface area contributed by atoms with Crippen molar-refractivity contribution >= 4 is 29.1 Å². The number of hydrogen-bond donors (Lipinski definition) is 2. The Kier molecular flexibility index (Phi) is 6.00. The fraction of sp³-hybridized carbons (Fsp3) is 0.200. The molecule has 2 N–H and O–H groups in total. The largest absolute Gasteiger partial charge is 0.467 e. The lowest BCUT2D eigenvalue weighted by molar-refractivity contribution is -0.136. The molecule has 3 rings (SSSR count). The number of nitrogens with zero attached hydrogens (tertiary/aromatic N) is 3. The van der Waals surface area contributed by atoms with Gasteiger partial charge in [0.15, 0.2) is 0 Å². The van der Waals surface area contributed by atoms with Crippen LogP contribution in [-0.2, 0) is 9.59 Å². The van der Waals surface area contributed by atoms with Gasteiger partial charge < -0.3 is 15.1 Å². The average Bonchev–Trinajstić information content (AvgIpc) is 3.32. The van der Waals surface area contributed by atoms with E-state index in [1.165, 1.54) is 24.5 Å². The number of carbonyl (C=O) groups excluding carboxylic acids is 2. The van der Waals surface area contributed by atoms with E-state index in [0.29, 0.717) is 10.8 Å². The average molecular weight is 412 g/mol. The first-order chi connectivity index (χ1) is 13.9. The van der Waals surface area contributed by atoms with E-state index >= 15 is 0 Å². The third-order valence-electron chi connectivity index (χ3n) is 4.22. The molecule has 29 heavy (non-hydrogen) atoms. The summed E-state index contributed by atoms with van der Waals surface area (Å²) in [4.78, 5) is 24.6. The molecule has 0 saturated carbocycles. The van der Waals surface area contributed by atoms with Gasteiger partial charge in [-0.25, -0.2) is 0 Å². The summed E-state index contributed by atoms with van der Waals surface area (Å²) in [6, 6.07) is 11.3. The number of aryl methyl sites for hydroxylation is 2. The molecule has 0 radical (unpaired) electrons. The van der Waals surface area contributed by atoms with Gasteiger partial charge in [0, 0.05) is 17.3 Å². The summed E-state index contributed by atoms with van der Waals surface area (Å²) in [7, 11) is 0. The van der Waals surface area contributed by atoms with Gasteiger partial charge in [0.25, 0.3) is 0 Å². The van der Waals surface area contributed by atoms with E-state index in [1.54, 1.807) is 16.8 Å². The topological polar surface area (TPSA) is 113 Å². The van der Waals surface area contributed by atoms with E-state index in [-0.39, 0.29) is 17.8 Å². The Morgan fingerprint density at radius 2 is 2.07 bits per heavy atom. The summed E-state index contributed by atoms with van der Waals surface area (Å²) >= 11 is 5.90. The number of nitrogens with one attached hydrogen (secondary N) is 2. The van der Waals surface area contributed by atoms with Crippen LogP contribution >= 0.6 is 11.6 Å². The number of carbonyl (C=O) groups is 2. The molecular weight excluding hydrogens is 394 g/mol. The molecule has 3 aromatic rings. The number of aromatic nitrogens is 2. The quantitative estimate of drug-likeness (QED) is 0.626. The molecular formula is C20H18ClN5O3. The summed E-state index contributed by atoms with van der Waals surface area (Å²) in [5, 5.41) is 18.9. The second-order valence-corrected chi connectivity index (χ2v) is 6.81. The molecule has 1 atom stereocenters. The Hall–Kier alpha value is -3.57. The molecule has 1 aromatic carbocycles. The lowest BCUT2D eigenvalue weighted by Crippen LogP contribution is -2.39. The number of hydrogen-bond acceptors (Lipinski definition) is 5. The summed E-state index contributed by atoms with van der Waals surface area (Å²) in [5.41, 5.74) is 2.08. The van der Waals surface area contributed by atoms with Crippen LogP contribution in [0.3, 0.4) is 0 Å². The second kappa shape index (κ2) is 8.63. The lowest BCUT2D eigenvalue weighted by atomic mass is 10.2. The minimum atomic E-state index is -0.907. The normalized spacial score (nSPS) is 11.5. The molecule has 0 saturated heterocycles. The number of halogens is 1. The highest BCUT2D eigenvalue weighted by Gasteiger charge is 2.23. The van der Waals surface area contributed by atoms with Crippen molar-refractivity contribution in [2.24, 2.45) is 0 Å². The molecule has 0 aliphatic rings. The Bertz CT molecular complexity index is 1080. The summed E-state index contributed by atoms with van der Waals surface area (Å²) in [6.45, 7) is 3.85. The Balaban J connectivity index is 1.72. The predicted molar refractivity (Wildman–Crippen MR) is 106 cm³/mol. The van der Waals surface area contributed by atoms with E-state index in [4.69, 9.17) is 21.3 Å². The number of rotatable bonds is 5. The van der Waals surface area contributed by atoms with Crippen LogP contribution in [0.2, 0.25) is 5.02 Å². The first kappa shape index (κ1) is 20.2. The van der Waals surface area contributed by atoms with Crippen molar-refractivity contribution in [3.05, 3.63) is 70.4 Å². The molecule has 9 heteroatoms. The molecule has 2 heterocycles. The van der Waals surface area contributed by atoms with Gasteiger partial charge in [-0.05, 0) is 50.2 Å². The Morgan fingerprint density at radius 1 is 1.28 bits per heavy atom. The fourth-order valence-corrected chi connectivity index (χ4v) is 3.09. The van der Waals surface area contributed by atoms with E-state index in [1.807, 2.05) is 26.0 Å². The van der Waals surface area contributed by atoms with E-state index < -0.39 is 17.9 Å². The van der Waals surface area contributed by atoms with Gasteiger partial charge in [-0.3, -0.25) is 14.3 Å². The van der Waals surface area contributed by atoms with Crippen LogP contribution in [0.5, 0.6) is 0 Å². The maximum atomic E-state index is 12.3. The Labute approximate surface area is 172 Å². The summed E-state index contributed by atoms with van der Waals surface area (Å²) in [5.74, 6) is -1.17. The van der Waals surface area contributed by atoms with Gasteiger partial charge in [0.1, 0.15) is 17.9 Å². The molecule has 0 fully saturated rings. The van der Waals surface area contributed by atoms with Crippen molar-refractivity contribution in [1.82, 2.24) is 15.1 Å². The number of benzene rings is 1. The van der Waals surface area contributed by atoms with E-state index in [0.717, 1.165) is 11.4 Å². The van der Waals surface area contributed by atoms with Crippen LogP contribution in [0.25, 0.3) is 0 Å². The van der Waals surface area contributed by atoms with Gasteiger partial charge in [-0.1, -0.05) is 11.6 Å².